The highest BCUT2D eigenvalue weighted by Crippen LogP contribution is 2.29. The maximum atomic E-state index is 5.16. The molecule has 0 aromatic carbocycles. The zero-order chi connectivity index (χ0) is 11.1. The van der Waals surface area contributed by atoms with Gasteiger partial charge in [0, 0.05) is 32.1 Å². The largest absolute Gasteiger partial charge is 0.355 e. The first-order valence-corrected chi connectivity index (χ1v) is 6.77. The van der Waals surface area contributed by atoms with Crippen molar-refractivity contribution in [2.24, 2.45) is 0 Å². The molecule has 0 saturated heterocycles. The van der Waals surface area contributed by atoms with E-state index in [0.29, 0.717) is 6.04 Å². The summed E-state index contributed by atoms with van der Waals surface area (Å²) in [5.74, 6) is 1.21. The fourth-order valence-electron chi connectivity index (χ4n) is 2.08. The van der Waals surface area contributed by atoms with Crippen LogP contribution >= 0.6 is 11.8 Å². The van der Waals surface area contributed by atoms with Crippen molar-refractivity contribution in [3.63, 3.8) is 0 Å². The van der Waals surface area contributed by atoms with Crippen LogP contribution in [-0.2, 0) is 9.47 Å². The molecule has 0 radical (unpaired) electrons. The molecule has 1 rings (SSSR count). The van der Waals surface area contributed by atoms with Crippen LogP contribution in [-0.4, -0.2) is 44.1 Å². The van der Waals surface area contributed by atoms with E-state index >= 15 is 0 Å². The van der Waals surface area contributed by atoms with Gasteiger partial charge in [0.05, 0.1) is 0 Å². The molecule has 0 amide bonds. The molecule has 15 heavy (non-hydrogen) atoms. The van der Waals surface area contributed by atoms with E-state index < -0.39 is 0 Å². The number of hydrogen-bond donors (Lipinski definition) is 1. The summed E-state index contributed by atoms with van der Waals surface area (Å²) >= 11 is 2.07. The number of nitrogens with one attached hydrogen (secondary N) is 1. The fraction of sp³-hybridized carbons (Fsp3) is 1.00. The van der Waals surface area contributed by atoms with Gasteiger partial charge in [-0.25, -0.2) is 0 Å². The molecule has 0 bridgehead atoms. The lowest BCUT2D eigenvalue weighted by molar-refractivity contribution is -0.0997. The number of ether oxygens (including phenoxy) is 2. The summed E-state index contributed by atoms with van der Waals surface area (Å²) in [5.41, 5.74) is 0. The third-order valence-electron chi connectivity index (χ3n) is 2.91. The highest BCUT2D eigenvalue weighted by Gasteiger charge is 2.27. The molecule has 0 unspecified atom stereocenters. The Morgan fingerprint density at radius 3 is 2.67 bits per heavy atom. The van der Waals surface area contributed by atoms with Gasteiger partial charge in [-0.05, 0) is 18.6 Å². The van der Waals surface area contributed by atoms with Gasteiger partial charge >= 0.3 is 0 Å². The van der Waals surface area contributed by atoms with Gasteiger partial charge in [0.2, 0.25) is 0 Å². The van der Waals surface area contributed by atoms with E-state index in [0.717, 1.165) is 11.8 Å². The lowest BCUT2D eigenvalue weighted by atomic mass is 10.2. The van der Waals surface area contributed by atoms with Crippen LogP contribution in [0.15, 0.2) is 0 Å². The van der Waals surface area contributed by atoms with Crippen molar-refractivity contribution in [3.05, 3.63) is 0 Å². The Bertz CT molecular complexity index is 165. The van der Waals surface area contributed by atoms with Crippen LogP contribution in [0.1, 0.15) is 26.2 Å². The summed E-state index contributed by atoms with van der Waals surface area (Å²) in [5, 5.41) is 4.33. The zero-order valence-corrected chi connectivity index (χ0v) is 10.8. The van der Waals surface area contributed by atoms with Crippen molar-refractivity contribution in [2.75, 3.05) is 26.5 Å². The quantitative estimate of drug-likeness (QED) is 0.680. The summed E-state index contributed by atoms with van der Waals surface area (Å²) in [6.07, 6.45) is 3.87. The zero-order valence-electron chi connectivity index (χ0n) is 9.99. The lowest BCUT2D eigenvalue weighted by Crippen LogP contribution is -2.40. The first kappa shape index (κ1) is 13.3. The molecule has 90 valence electrons. The number of rotatable bonds is 7. The number of hydrogen-bond acceptors (Lipinski definition) is 4. The van der Waals surface area contributed by atoms with Gasteiger partial charge in [-0.15, -0.1) is 0 Å². The van der Waals surface area contributed by atoms with Gasteiger partial charge < -0.3 is 14.8 Å². The molecule has 1 saturated carbocycles. The first-order chi connectivity index (χ1) is 7.31. The van der Waals surface area contributed by atoms with Crippen LogP contribution in [0.4, 0.5) is 0 Å². The van der Waals surface area contributed by atoms with Crippen LogP contribution in [0.3, 0.4) is 0 Å². The summed E-state index contributed by atoms with van der Waals surface area (Å²) in [6.45, 7) is 3.02. The van der Waals surface area contributed by atoms with Crippen LogP contribution in [0.25, 0.3) is 0 Å². The summed E-state index contributed by atoms with van der Waals surface area (Å²) in [7, 11) is 3.37. The summed E-state index contributed by atoms with van der Waals surface area (Å²) in [6, 6.07) is 0.641. The summed E-state index contributed by atoms with van der Waals surface area (Å²) in [4.78, 5) is 0. The molecule has 3 nitrogen and oxygen atoms in total. The maximum absolute atomic E-state index is 5.16. The smallest absolute Gasteiger partial charge is 0.169 e. The summed E-state index contributed by atoms with van der Waals surface area (Å²) < 4.78 is 10.3. The Hall–Kier alpha value is 0.230. The average molecular weight is 233 g/mol. The predicted octanol–water partition coefficient (Wildman–Crippen LogP) is 1.87. The molecule has 1 aliphatic rings. The Morgan fingerprint density at radius 2 is 2.07 bits per heavy atom. The van der Waals surface area contributed by atoms with Crippen molar-refractivity contribution in [1.29, 1.82) is 0 Å². The Balaban J connectivity index is 2.24. The molecule has 0 aromatic rings. The predicted molar refractivity (Wildman–Crippen MR) is 65.4 cm³/mol. The molecule has 2 atom stereocenters. The monoisotopic (exact) mass is 233 g/mol. The van der Waals surface area contributed by atoms with E-state index in [9.17, 15) is 0 Å². The molecule has 4 heteroatoms. The lowest BCUT2D eigenvalue weighted by Gasteiger charge is -2.22. The molecule has 0 heterocycles. The number of thioether (sulfide) groups is 1. The van der Waals surface area contributed by atoms with E-state index in [2.05, 4.69) is 24.0 Å². The van der Waals surface area contributed by atoms with E-state index in [1.54, 1.807) is 14.2 Å². The van der Waals surface area contributed by atoms with Crippen molar-refractivity contribution in [3.8, 4) is 0 Å². The van der Waals surface area contributed by atoms with Gasteiger partial charge in [-0.2, -0.15) is 11.8 Å². The van der Waals surface area contributed by atoms with Crippen molar-refractivity contribution in [2.45, 2.75) is 43.8 Å². The normalized spacial score (nSPS) is 26.4. The molecule has 0 aromatic heterocycles. The second kappa shape index (κ2) is 7.49. The molecule has 0 aliphatic heterocycles. The van der Waals surface area contributed by atoms with Gasteiger partial charge in [0.15, 0.2) is 6.29 Å². The molecule has 0 spiro atoms. The molecular formula is C11H23NO2S. The minimum Gasteiger partial charge on any atom is -0.355 e. The van der Waals surface area contributed by atoms with Crippen molar-refractivity contribution >= 4 is 11.8 Å². The van der Waals surface area contributed by atoms with Crippen molar-refractivity contribution < 1.29 is 9.47 Å². The Labute approximate surface area is 97.3 Å². The second-order valence-corrected chi connectivity index (χ2v) is 5.36. The van der Waals surface area contributed by atoms with Crippen LogP contribution < -0.4 is 5.32 Å². The number of methoxy groups -OCH3 is 2. The maximum Gasteiger partial charge on any atom is 0.169 e. The minimum absolute atomic E-state index is 0.113. The molecule has 1 aliphatic carbocycles. The molecule has 1 fully saturated rings. The van der Waals surface area contributed by atoms with Gasteiger partial charge in [-0.3, -0.25) is 0 Å². The third-order valence-corrected chi connectivity index (χ3v) is 4.23. The van der Waals surface area contributed by atoms with E-state index in [4.69, 9.17) is 9.47 Å². The van der Waals surface area contributed by atoms with E-state index in [1.165, 1.54) is 25.0 Å². The highest BCUT2D eigenvalue weighted by atomic mass is 32.2. The van der Waals surface area contributed by atoms with E-state index in [1.807, 2.05) is 0 Å². The van der Waals surface area contributed by atoms with Gasteiger partial charge in [0.25, 0.3) is 0 Å². The Morgan fingerprint density at radius 1 is 1.33 bits per heavy atom. The fourth-order valence-corrected chi connectivity index (χ4v) is 3.31. The topological polar surface area (TPSA) is 30.5 Å². The van der Waals surface area contributed by atoms with Crippen LogP contribution in [0.5, 0.6) is 0 Å². The van der Waals surface area contributed by atoms with Crippen LogP contribution in [0.2, 0.25) is 0 Å². The van der Waals surface area contributed by atoms with Gasteiger partial charge in [0.1, 0.15) is 0 Å². The second-order valence-electron chi connectivity index (χ2n) is 3.84. The first-order valence-electron chi connectivity index (χ1n) is 5.72. The average Bonchev–Trinajstić information content (AvgIpc) is 2.68. The molecule has 1 N–H and O–H groups in total. The van der Waals surface area contributed by atoms with Gasteiger partial charge in [-0.1, -0.05) is 13.3 Å². The molecular weight excluding hydrogens is 210 g/mol. The van der Waals surface area contributed by atoms with Crippen molar-refractivity contribution in [1.82, 2.24) is 5.32 Å². The standard InChI is InChI=1S/C11H23NO2S/c1-4-15-10-7-5-6-9(10)12-8-11(13-2)14-3/h9-12H,4-8H2,1-3H3/t9-,10-/m0/s1. The van der Waals surface area contributed by atoms with Crippen LogP contribution in [0, 0.1) is 0 Å². The highest BCUT2D eigenvalue weighted by molar-refractivity contribution is 7.99. The third kappa shape index (κ3) is 4.31. The SMILES string of the molecule is CCS[C@H]1CCC[C@@H]1NCC(OC)OC. The Kier molecular flexibility index (Phi) is 6.64. The van der Waals surface area contributed by atoms with E-state index in [-0.39, 0.29) is 6.29 Å². The minimum atomic E-state index is -0.113.